The normalized spacial score (nSPS) is 13.4. The predicted octanol–water partition coefficient (Wildman–Crippen LogP) is 1.45. The predicted molar refractivity (Wildman–Crippen MR) is 53.4 cm³/mol. The highest BCUT2D eigenvalue weighted by molar-refractivity contribution is 5.75. The molecule has 0 aliphatic carbocycles. The number of nitrogens with one attached hydrogen (secondary N) is 1. The quantitative estimate of drug-likeness (QED) is 0.725. The summed E-state index contributed by atoms with van der Waals surface area (Å²) in [7, 11) is 0. The molecule has 3 nitrogen and oxygen atoms in total. The van der Waals surface area contributed by atoms with E-state index < -0.39 is 0 Å². The van der Waals surface area contributed by atoms with Crippen LogP contribution in [-0.2, 0) is 6.42 Å². The van der Waals surface area contributed by atoms with Crippen LogP contribution >= 0.6 is 0 Å². The Labute approximate surface area is 77.0 Å². The monoisotopic (exact) mass is 175 g/mol. The second-order valence-electron chi connectivity index (χ2n) is 3.44. The molecule has 0 fully saturated rings. The van der Waals surface area contributed by atoms with Crippen molar-refractivity contribution in [1.29, 1.82) is 0 Å². The average Bonchev–Trinajstić information content (AvgIpc) is 2.49. The fraction of sp³-hybridized carbons (Fsp3) is 0.300. The van der Waals surface area contributed by atoms with E-state index in [0.717, 1.165) is 17.5 Å². The van der Waals surface area contributed by atoms with E-state index in [9.17, 15) is 0 Å². The van der Waals surface area contributed by atoms with Gasteiger partial charge in [0.15, 0.2) is 0 Å². The first-order valence-electron chi connectivity index (χ1n) is 4.43. The maximum Gasteiger partial charge on any atom is 0.137 e. The van der Waals surface area contributed by atoms with Gasteiger partial charge in [-0.15, -0.1) is 0 Å². The van der Waals surface area contributed by atoms with E-state index >= 15 is 0 Å². The maximum absolute atomic E-state index is 5.71. The zero-order valence-electron chi connectivity index (χ0n) is 7.62. The standard InChI is InChI=1S/C10H13N3/c1-7(11)4-8-5-9-2-3-12-10(9)13-6-8/h2-3,5-7H,4,11H2,1H3,(H,12,13)/t7-/m1/s1. The molecule has 0 aliphatic heterocycles. The van der Waals surface area contributed by atoms with Crippen molar-refractivity contribution < 1.29 is 0 Å². The molecule has 0 unspecified atom stereocenters. The minimum absolute atomic E-state index is 0.193. The third-order valence-electron chi connectivity index (χ3n) is 2.01. The van der Waals surface area contributed by atoms with Crippen LogP contribution in [0.2, 0.25) is 0 Å². The molecule has 0 amide bonds. The minimum atomic E-state index is 0.193. The van der Waals surface area contributed by atoms with Crippen molar-refractivity contribution >= 4 is 11.0 Å². The first-order chi connectivity index (χ1) is 6.25. The van der Waals surface area contributed by atoms with E-state index in [2.05, 4.69) is 16.0 Å². The summed E-state index contributed by atoms with van der Waals surface area (Å²) in [6.45, 7) is 2.00. The van der Waals surface area contributed by atoms with Crippen LogP contribution in [0.5, 0.6) is 0 Å². The largest absolute Gasteiger partial charge is 0.346 e. The Kier molecular flexibility index (Phi) is 2.02. The second kappa shape index (κ2) is 3.18. The molecular weight excluding hydrogens is 162 g/mol. The Morgan fingerprint density at radius 2 is 2.46 bits per heavy atom. The third kappa shape index (κ3) is 1.70. The van der Waals surface area contributed by atoms with Gasteiger partial charge in [-0.1, -0.05) is 0 Å². The summed E-state index contributed by atoms with van der Waals surface area (Å²) >= 11 is 0. The zero-order chi connectivity index (χ0) is 9.26. The van der Waals surface area contributed by atoms with Gasteiger partial charge in [0.2, 0.25) is 0 Å². The SMILES string of the molecule is C[C@@H](N)Cc1cnc2[nH]ccc2c1. The number of hydrogen-bond donors (Lipinski definition) is 2. The van der Waals surface area contributed by atoms with Crippen LogP contribution in [-0.4, -0.2) is 16.0 Å². The summed E-state index contributed by atoms with van der Waals surface area (Å²) in [6, 6.07) is 4.34. The third-order valence-corrected chi connectivity index (χ3v) is 2.01. The number of hydrogen-bond acceptors (Lipinski definition) is 2. The van der Waals surface area contributed by atoms with Gasteiger partial charge in [-0.2, -0.15) is 0 Å². The van der Waals surface area contributed by atoms with E-state index in [-0.39, 0.29) is 6.04 Å². The van der Waals surface area contributed by atoms with E-state index in [1.165, 1.54) is 5.56 Å². The van der Waals surface area contributed by atoms with Gasteiger partial charge in [0.25, 0.3) is 0 Å². The van der Waals surface area contributed by atoms with Gasteiger partial charge in [-0.3, -0.25) is 0 Å². The van der Waals surface area contributed by atoms with E-state index in [4.69, 9.17) is 5.73 Å². The van der Waals surface area contributed by atoms with Crippen LogP contribution in [0.4, 0.5) is 0 Å². The van der Waals surface area contributed by atoms with Crippen LogP contribution in [0.3, 0.4) is 0 Å². The lowest BCUT2D eigenvalue weighted by atomic mass is 10.1. The molecule has 0 bridgehead atoms. The Hall–Kier alpha value is -1.35. The molecule has 0 aromatic carbocycles. The Morgan fingerprint density at radius 1 is 1.62 bits per heavy atom. The number of aromatic nitrogens is 2. The van der Waals surface area contributed by atoms with Crippen molar-refractivity contribution in [2.75, 3.05) is 0 Å². The van der Waals surface area contributed by atoms with Gasteiger partial charge < -0.3 is 10.7 Å². The number of pyridine rings is 1. The molecular formula is C10H13N3. The summed E-state index contributed by atoms with van der Waals surface area (Å²) in [5.41, 5.74) is 7.84. The number of aromatic amines is 1. The summed E-state index contributed by atoms with van der Waals surface area (Å²) in [4.78, 5) is 7.34. The highest BCUT2D eigenvalue weighted by Gasteiger charge is 2.00. The smallest absolute Gasteiger partial charge is 0.137 e. The lowest BCUT2D eigenvalue weighted by Gasteiger charge is -2.03. The molecule has 68 valence electrons. The van der Waals surface area contributed by atoms with E-state index in [0.29, 0.717) is 0 Å². The molecule has 2 rings (SSSR count). The van der Waals surface area contributed by atoms with Gasteiger partial charge >= 0.3 is 0 Å². The van der Waals surface area contributed by atoms with Crippen molar-refractivity contribution in [3.8, 4) is 0 Å². The molecule has 1 atom stereocenters. The van der Waals surface area contributed by atoms with E-state index in [1.54, 1.807) is 0 Å². The fourth-order valence-corrected chi connectivity index (χ4v) is 1.47. The molecule has 0 radical (unpaired) electrons. The number of fused-ring (bicyclic) bond motifs is 1. The average molecular weight is 175 g/mol. The van der Waals surface area contributed by atoms with Crippen molar-refractivity contribution in [2.24, 2.45) is 5.73 Å². The summed E-state index contributed by atoms with van der Waals surface area (Å²) in [5.74, 6) is 0. The van der Waals surface area contributed by atoms with Gasteiger partial charge in [0.05, 0.1) is 0 Å². The van der Waals surface area contributed by atoms with Crippen molar-refractivity contribution in [3.63, 3.8) is 0 Å². The van der Waals surface area contributed by atoms with Crippen LogP contribution in [0.1, 0.15) is 12.5 Å². The van der Waals surface area contributed by atoms with Crippen molar-refractivity contribution in [1.82, 2.24) is 9.97 Å². The van der Waals surface area contributed by atoms with Crippen molar-refractivity contribution in [2.45, 2.75) is 19.4 Å². The molecule has 2 aromatic heterocycles. The van der Waals surface area contributed by atoms with Gasteiger partial charge in [-0.05, 0) is 31.0 Å². The minimum Gasteiger partial charge on any atom is -0.346 e. The molecule has 13 heavy (non-hydrogen) atoms. The molecule has 0 saturated heterocycles. The molecule has 0 spiro atoms. The molecule has 0 aliphatic rings. The first-order valence-corrected chi connectivity index (χ1v) is 4.43. The summed E-state index contributed by atoms with van der Waals surface area (Å²) < 4.78 is 0. The maximum atomic E-state index is 5.71. The molecule has 3 heteroatoms. The lowest BCUT2D eigenvalue weighted by Crippen LogP contribution is -2.17. The molecule has 2 heterocycles. The van der Waals surface area contributed by atoms with Crippen LogP contribution < -0.4 is 5.73 Å². The lowest BCUT2D eigenvalue weighted by molar-refractivity contribution is 0.737. The van der Waals surface area contributed by atoms with Crippen molar-refractivity contribution in [3.05, 3.63) is 30.1 Å². The number of nitrogens with two attached hydrogens (primary N) is 1. The Bertz CT molecular complexity index is 403. The number of H-pyrrole nitrogens is 1. The highest BCUT2D eigenvalue weighted by Crippen LogP contribution is 2.11. The van der Waals surface area contributed by atoms with Gasteiger partial charge in [0.1, 0.15) is 5.65 Å². The number of nitrogens with zero attached hydrogens (tertiary/aromatic N) is 1. The van der Waals surface area contributed by atoms with Crippen LogP contribution in [0, 0.1) is 0 Å². The first kappa shape index (κ1) is 8.26. The fourth-order valence-electron chi connectivity index (χ4n) is 1.47. The zero-order valence-corrected chi connectivity index (χ0v) is 7.62. The molecule has 3 N–H and O–H groups in total. The van der Waals surface area contributed by atoms with Crippen LogP contribution in [0.15, 0.2) is 24.5 Å². The number of rotatable bonds is 2. The topological polar surface area (TPSA) is 54.7 Å². The summed E-state index contributed by atoms with van der Waals surface area (Å²) in [6.07, 6.45) is 4.66. The molecule has 0 saturated carbocycles. The summed E-state index contributed by atoms with van der Waals surface area (Å²) in [5, 5.41) is 1.15. The Balaban J connectivity index is 2.37. The van der Waals surface area contributed by atoms with Gasteiger partial charge in [-0.25, -0.2) is 4.98 Å². The second-order valence-corrected chi connectivity index (χ2v) is 3.44. The Morgan fingerprint density at radius 3 is 3.23 bits per heavy atom. The van der Waals surface area contributed by atoms with Crippen LogP contribution in [0.25, 0.3) is 11.0 Å². The highest BCUT2D eigenvalue weighted by atomic mass is 14.8. The van der Waals surface area contributed by atoms with Gasteiger partial charge in [0, 0.05) is 23.8 Å². The molecule has 2 aromatic rings. The van der Waals surface area contributed by atoms with E-state index in [1.807, 2.05) is 25.4 Å².